The van der Waals surface area contributed by atoms with Gasteiger partial charge in [0.25, 0.3) is 0 Å². The Morgan fingerprint density at radius 3 is 2.70 bits per heavy atom. The Morgan fingerprint density at radius 1 is 1.25 bits per heavy atom. The number of fused-ring (bicyclic) bond motifs is 1. The van der Waals surface area contributed by atoms with Gasteiger partial charge in [-0.05, 0) is 38.6 Å². The van der Waals surface area contributed by atoms with Gasteiger partial charge in [-0.2, -0.15) is 0 Å². The lowest BCUT2D eigenvalue weighted by Gasteiger charge is -2.40. The Kier molecular flexibility index (Phi) is 3.58. The third-order valence-corrected chi connectivity index (χ3v) is 5.41. The average molecular weight is 280 g/mol. The Hall–Kier alpha value is -1.30. The van der Waals surface area contributed by atoms with Gasteiger partial charge in [-0.25, -0.2) is 0 Å². The van der Waals surface area contributed by atoms with Crippen LogP contribution in [-0.2, 0) is 4.79 Å². The summed E-state index contributed by atoms with van der Waals surface area (Å²) in [4.78, 5) is 15.1. The minimum atomic E-state index is -0.753. The number of piperidine rings is 1. The van der Waals surface area contributed by atoms with Crippen molar-refractivity contribution in [2.24, 2.45) is 16.3 Å². The molecule has 2 heterocycles. The maximum Gasteiger partial charge on any atom is 0.234 e. The van der Waals surface area contributed by atoms with Crippen molar-refractivity contribution in [3.8, 4) is 0 Å². The predicted octanol–water partition coefficient (Wildman–Crippen LogP) is 0.646. The number of amidine groups is 1. The molecule has 20 heavy (non-hydrogen) atoms. The predicted molar refractivity (Wildman–Crippen MR) is 75.5 cm³/mol. The minimum Gasteiger partial charge on any atom is -0.409 e. The van der Waals surface area contributed by atoms with Crippen molar-refractivity contribution in [2.75, 3.05) is 13.1 Å². The number of hydrogen-bond acceptors (Lipinski definition) is 4. The van der Waals surface area contributed by atoms with Crippen LogP contribution in [0.5, 0.6) is 0 Å². The molecule has 0 bridgehead atoms. The highest BCUT2D eigenvalue weighted by atomic mass is 16.4. The molecule has 4 N–H and O–H groups in total. The van der Waals surface area contributed by atoms with Crippen LogP contribution in [0.3, 0.4) is 0 Å². The quantitative estimate of drug-likeness (QED) is 0.306. The van der Waals surface area contributed by atoms with E-state index >= 15 is 0 Å². The Balaban J connectivity index is 1.67. The fraction of sp³-hybridized carbons (Fsp3) is 0.857. The largest absolute Gasteiger partial charge is 0.409 e. The fourth-order valence-electron chi connectivity index (χ4n) is 3.95. The molecule has 1 amide bonds. The van der Waals surface area contributed by atoms with Gasteiger partial charge in [0.05, 0.1) is 0 Å². The van der Waals surface area contributed by atoms with Crippen molar-refractivity contribution < 1.29 is 10.0 Å². The molecule has 1 saturated carbocycles. The molecule has 112 valence electrons. The highest BCUT2D eigenvalue weighted by Crippen LogP contribution is 2.42. The maximum atomic E-state index is 12.6. The number of nitrogens with one attached hydrogen (secondary N) is 1. The first kappa shape index (κ1) is 13.7. The summed E-state index contributed by atoms with van der Waals surface area (Å²) < 4.78 is 0. The number of nitrogens with zero attached hydrogens (tertiary/aromatic N) is 2. The first-order chi connectivity index (χ1) is 9.67. The number of amides is 1. The number of carbonyl (C=O) groups is 1. The lowest BCUT2D eigenvalue weighted by atomic mass is 9.67. The van der Waals surface area contributed by atoms with E-state index < -0.39 is 5.41 Å². The zero-order valence-corrected chi connectivity index (χ0v) is 11.8. The number of carbonyl (C=O) groups excluding carboxylic acids is 1. The van der Waals surface area contributed by atoms with E-state index in [0.717, 1.165) is 25.9 Å². The summed E-state index contributed by atoms with van der Waals surface area (Å²) in [6, 6.07) is 0.712. The zero-order chi connectivity index (χ0) is 14.2. The second-order valence-electron chi connectivity index (χ2n) is 6.39. The molecule has 3 rings (SSSR count). The number of hydrogen-bond donors (Lipinski definition) is 3. The van der Waals surface area contributed by atoms with Crippen LogP contribution in [0.25, 0.3) is 0 Å². The normalized spacial score (nSPS) is 33.3. The Bertz CT molecular complexity index is 419. The van der Waals surface area contributed by atoms with Gasteiger partial charge in [-0.15, -0.1) is 0 Å². The van der Waals surface area contributed by atoms with Crippen LogP contribution in [0.1, 0.15) is 44.9 Å². The van der Waals surface area contributed by atoms with E-state index in [1.54, 1.807) is 0 Å². The van der Waals surface area contributed by atoms with Crippen molar-refractivity contribution in [2.45, 2.75) is 57.0 Å². The van der Waals surface area contributed by atoms with E-state index in [0.29, 0.717) is 18.9 Å². The molecule has 2 saturated heterocycles. The van der Waals surface area contributed by atoms with Crippen molar-refractivity contribution in [1.82, 2.24) is 10.2 Å². The SMILES string of the molecule is NC(=NO)C1(C(=O)NC2CCN3CCCCC23)CCC1. The highest BCUT2D eigenvalue weighted by Gasteiger charge is 2.50. The van der Waals surface area contributed by atoms with Crippen LogP contribution in [-0.4, -0.2) is 47.0 Å². The van der Waals surface area contributed by atoms with Gasteiger partial charge in [-0.3, -0.25) is 9.69 Å². The van der Waals surface area contributed by atoms with Crippen LogP contribution in [0, 0.1) is 5.41 Å². The van der Waals surface area contributed by atoms with Gasteiger partial charge in [-0.1, -0.05) is 18.0 Å². The number of rotatable bonds is 3. The van der Waals surface area contributed by atoms with Crippen LogP contribution in [0.4, 0.5) is 0 Å². The summed E-state index contributed by atoms with van der Waals surface area (Å²) in [6.45, 7) is 2.23. The number of oxime groups is 1. The standard InChI is InChI=1S/C14H24N4O2/c15-12(17-20)14(6-3-7-14)13(19)16-10-5-9-18-8-2-1-4-11(10)18/h10-11,20H,1-9H2,(H2,15,17)(H,16,19). The molecule has 0 aromatic rings. The zero-order valence-electron chi connectivity index (χ0n) is 11.8. The van der Waals surface area contributed by atoms with Crippen molar-refractivity contribution in [3.63, 3.8) is 0 Å². The smallest absolute Gasteiger partial charge is 0.234 e. The molecule has 0 aromatic heterocycles. The molecule has 6 nitrogen and oxygen atoms in total. The molecule has 2 unspecified atom stereocenters. The Morgan fingerprint density at radius 2 is 2.05 bits per heavy atom. The summed E-state index contributed by atoms with van der Waals surface area (Å²) in [7, 11) is 0. The highest BCUT2D eigenvalue weighted by molar-refractivity contribution is 6.07. The molecule has 2 atom stereocenters. The molecule has 0 radical (unpaired) electrons. The molecule has 2 aliphatic heterocycles. The van der Waals surface area contributed by atoms with Crippen molar-refractivity contribution in [1.29, 1.82) is 0 Å². The molecule has 3 fully saturated rings. The van der Waals surface area contributed by atoms with E-state index in [1.165, 1.54) is 19.3 Å². The van der Waals surface area contributed by atoms with E-state index in [2.05, 4.69) is 15.4 Å². The molecule has 0 aromatic carbocycles. The second-order valence-corrected chi connectivity index (χ2v) is 6.39. The van der Waals surface area contributed by atoms with E-state index in [9.17, 15) is 4.79 Å². The van der Waals surface area contributed by atoms with Gasteiger partial charge in [0.2, 0.25) is 5.91 Å². The molecule has 0 spiro atoms. The van der Waals surface area contributed by atoms with Crippen LogP contribution >= 0.6 is 0 Å². The van der Waals surface area contributed by atoms with Crippen LogP contribution < -0.4 is 11.1 Å². The third-order valence-electron chi connectivity index (χ3n) is 5.41. The van der Waals surface area contributed by atoms with E-state index in [1.807, 2.05) is 0 Å². The molecule has 3 aliphatic rings. The first-order valence-corrected chi connectivity index (χ1v) is 7.70. The third kappa shape index (κ3) is 2.06. The lowest BCUT2D eigenvalue weighted by molar-refractivity contribution is -0.132. The summed E-state index contributed by atoms with van der Waals surface area (Å²) in [6.07, 6.45) is 7.05. The topological polar surface area (TPSA) is 91.0 Å². The van der Waals surface area contributed by atoms with E-state index in [-0.39, 0.29) is 17.8 Å². The van der Waals surface area contributed by atoms with E-state index in [4.69, 9.17) is 10.9 Å². The lowest BCUT2D eigenvalue weighted by Crippen LogP contribution is -2.57. The second kappa shape index (κ2) is 5.24. The monoisotopic (exact) mass is 280 g/mol. The number of nitrogens with two attached hydrogens (primary N) is 1. The fourth-order valence-corrected chi connectivity index (χ4v) is 3.95. The molecular formula is C14H24N4O2. The summed E-state index contributed by atoms with van der Waals surface area (Å²) >= 11 is 0. The molecule has 6 heteroatoms. The van der Waals surface area contributed by atoms with Gasteiger partial charge in [0.15, 0.2) is 5.84 Å². The molecule has 1 aliphatic carbocycles. The first-order valence-electron chi connectivity index (χ1n) is 7.70. The maximum absolute atomic E-state index is 12.6. The van der Waals surface area contributed by atoms with Gasteiger partial charge in [0.1, 0.15) is 5.41 Å². The van der Waals surface area contributed by atoms with Crippen LogP contribution in [0.15, 0.2) is 5.16 Å². The summed E-state index contributed by atoms with van der Waals surface area (Å²) in [5, 5.41) is 15.2. The van der Waals surface area contributed by atoms with Gasteiger partial charge in [0, 0.05) is 18.6 Å². The van der Waals surface area contributed by atoms with Crippen molar-refractivity contribution >= 4 is 11.7 Å². The minimum absolute atomic E-state index is 0.0449. The molecular weight excluding hydrogens is 256 g/mol. The van der Waals surface area contributed by atoms with Crippen molar-refractivity contribution in [3.05, 3.63) is 0 Å². The summed E-state index contributed by atoms with van der Waals surface area (Å²) in [5.41, 5.74) is 5.00. The van der Waals surface area contributed by atoms with Gasteiger partial charge < -0.3 is 16.3 Å². The Labute approximate surface area is 119 Å². The summed E-state index contributed by atoms with van der Waals surface area (Å²) in [5.74, 6) is 0.0243. The van der Waals surface area contributed by atoms with Crippen LogP contribution in [0.2, 0.25) is 0 Å². The average Bonchev–Trinajstić information content (AvgIpc) is 2.81. The van der Waals surface area contributed by atoms with Gasteiger partial charge >= 0.3 is 0 Å².